The van der Waals surface area contributed by atoms with Crippen LogP contribution >= 0.6 is 11.6 Å². The fourth-order valence-electron chi connectivity index (χ4n) is 1.08. The summed E-state index contributed by atoms with van der Waals surface area (Å²) in [5, 5.41) is 2.51. The molecule has 0 aliphatic carbocycles. The Morgan fingerprint density at radius 2 is 2.29 bits per heavy atom. The first kappa shape index (κ1) is 11.0. The molecule has 1 aromatic carbocycles. The number of halogens is 2. The lowest BCUT2D eigenvalue weighted by molar-refractivity contribution is -0.118. The summed E-state index contributed by atoms with van der Waals surface area (Å²) in [6.07, 6.45) is 0. The van der Waals surface area contributed by atoms with Gasteiger partial charge in [0.1, 0.15) is 11.7 Å². The van der Waals surface area contributed by atoms with Crippen LogP contribution in [0.25, 0.3) is 0 Å². The quantitative estimate of drug-likeness (QED) is 0.768. The van der Waals surface area contributed by atoms with Crippen molar-refractivity contribution < 1.29 is 9.18 Å². The van der Waals surface area contributed by atoms with Gasteiger partial charge in [-0.25, -0.2) is 4.39 Å². The van der Waals surface area contributed by atoms with Gasteiger partial charge < -0.3 is 5.32 Å². The minimum atomic E-state index is -0.314. The van der Waals surface area contributed by atoms with Crippen LogP contribution in [0.1, 0.15) is 11.1 Å². The first-order chi connectivity index (χ1) is 6.63. The van der Waals surface area contributed by atoms with Crippen LogP contribution in [-0.2, 0) is 11.3 Å². The molecule has 0 atom stereocenters. The zero-order valence-corrected chi connectivity index (χ0v) is 8.57. The van der Waals surface area contributed by atoms with Crippen molar-refractivity contribution in [3.8, 4) is 0 Å². The summed E-state index contributed by atoms with van der Waals surface area (Å²) in [5.41, 5.74) is 1.44. The third-order valence-electron chi connectivity index (χ3n) is 1.80. The zero-order valence-electron chi connectivity index (χ0n) is 7.81. The molecule has 4 heteroatoms. The predicted molar refractivity (Wildman–Crippen MR) is 53.7 cm³/mol. The Morgan fingerprint density at radius 1 is 1.57 bits per heavy atom. The van der Waals surface area contributed by atoms with Gasteiger partial charge in [0.05, 0.1) is 0 Å². The van der Waals surface area contributed by atoms with Crippen molar-refractivity contribution in [3.05, 3.63) is 35.1 Å². The molecule has 1 aromatic rings. The predicted octanol–water partition coefficient (Wildman–Crippen LogP) is 1.99. The van der Waals surface area contributed by atoms with Crippen molar-refractivity contribution in [1.29, 1.82) is 0 Å². The number of hydrogen-bond acceptors (Lipinski definition) is 1. The lowest BCUT2D eigenvalue weighted by Crippen LogP contribution is -2.24. The molecular weight excluding hydrogens is 205 g/mol. The van der Waals surface area contributed by atoms with E-state index in [0.29, 0.717) is 5.56 Å². The maximum Gasteiger partial charge on any atom is 0.235 e. The Labute approximate surface area is 87.1 Å². The highest BCUT2D eigenvalue weighted by Crippen LogP contribution is 2.09. The van der Waals surface area contributed by atoms with Gasteiger partial charge in [0.2, 0.25) is 5.91 Å². The zero-order chi connectivity index (χ0) is 10.6. The number of aryl methyl sites for hydroxylation is 1. The third kappa shape index (κ3) is 3.00. The summed E-state index contributed by atoms with van der Waals surface area (Å²) in [6.45, 7) is 2.05. The summed E-state index contributed by atoms with van der Waals surface area (Å²) in [7, 11) is 0. The van der Waals surface area contributed by atoms with Gasteiger partial charge >= 0.3 is 0 Å². The van der Waals surface area contributed by atoms with Crippen LogP contribution in [0.3, 0.4) is 0 Å². The summed E-state index contributed by atoms with van der Waals surface area (Å²) < 4.78 is 13.1. The van der Waals surface area contributed by atoms with Gasteiger partial charge in [-0.2, -0.15) is 0 Å². The summed E-state index contributed by atoms with van der Waals surface area (Å²) >= 11 is 5.28. The largest absolute Gasteiger partial charge is 0.351 e. The van der Waals surface area contributed by atoms with E-state index in [-0.39, 0.29) is 24.1 Å². The highest BCUT2D eigenvalue weighted by Gasteiger charge is 2.03. The molecule has 0 fully saturated rings. The van der Waals surface area contributed by atoms with Crippen molar-refractivity contribution in [1.82, 2.24) is 5.32 Å². The highest BCUT2D eigenvalue weighted by molar-refractivity contribution is 6.27. The first-order valence-electron chi connectivity index (χ1n) is 4.21. The van der Waals surface area contributed by atoms with Crippen molar-refractivity contribution in [3.63, 3.8) is 0 Å². The van der Waals surface area contributed by atoms with Crippen molar-refractivity contribution in [2.24, 2.45) is 0 Å². The second-order valence-electron chi connectivity index (χ2n) is 3.01. The molecule has 1 amide bonds. The smallest absolute Gasteiger partial charge is 0.235 e. The number of amides is 1. The second-order valence-corrected chi connectivity index (χ2v) is 3.27. The third-order valence-corrected chi connectivity index (χ3v) is 2.04. The van der Waals surface area contributed by atoms with E-state index in [1.54, 1.807) is 12.1 Å². The standard InChI is InChI=1S/C10H11ClFNO/c1-7-2-3-9(12)8(4-7)6-13-10(14)5-11/h2-4H,5-6H2,1H3,(H,13,14). The first-order valence-corrected chi connectivity index (χ1v) is 4.74. The van der Waals surface area contributed by atoms with E-state index in [0.717, 1.165) is 5.56 Å². The van der Waals surface area contributed by atoms with Gasteiger partial charge in [0.15, 0.2) is 0 Å². The molecule has 0 aliphatic heterocycles. The van der Waals surface area contributed by atoms with Gasteiger partial charge in [-0.1, -0.05) is 17.7 Å². The van der Waals surface area contributed by atoms with E-state index in [4.69, 9.17) is 11.6 Å². The van der Waals surface area contributed by atoms with Crippen LogP contribution in [0.2, 0.25) is 0 Å². The van der Waals surface area contributed by atoms with E-state index >= 15 is 0 Å². The van der Waals surface area contributed by atoms with E-state index in [1.165, 1.54) is 6.07 Å². The van der Waals surface area contributed by atoms with E-state index < -0.39 is 0 Å². The number of rotatable bonds is 3. The Hall–Kier alpha value is -1.09. The average molecular weight is 216 g/mol. The monoisotopic (exact) mass is 215 g/mol. The molecule has 0 aromatic heterocycles. The minimum absolute atomic E-state index is 0.104. The number of hydrogen-bond donors (Lipinski definition) is 1. The Balaban J connectivity index is 2.66. The Bertz CT molecular complexity index is 341. The molecule has 0 bridgehead atoms. The lowest BCUT2D eigenvalue weighted by Gasteiger charge is -2.05. The summed E-state index contributed by atoms with van der Waals surface area (Å²) in [6, 6.07) is 4.77. The molecule has 0 saturated heterocycles. The van der Waals surface area contributed by atoms with Gasteiger partial charge in [-0.05, 0) is 13.0 Å². The molecule has 14 heavy (non-hydrogen) atoms. The van der Waals surface area contributed by atoms with Crippen LogP contribution in [0.15, 0.2) is 18.2 Å². The van der Waals surface area contributed by atoms with E-state index in [1.807, 2.05) is 6.92 Å². The van der Waals surface area contributed by atoms with Crippen LogP contribution in [0.4, 0.5) is 4.39 Å². The SMILES string of the molecule is Cc1ccc(F)c(CNC(=O)CCl)c1. The Morgan fingerprint density at radius 3 is 2.93 bits per heavy atom. The van der Waals surface area contributed by atoms with Gasteiger partial charge in [0.25, 0.3) is 0 Å². The van der Waals surface area contributed by atoms with Gasteiger partial charge in [-0.15, -0.1) is 11.6 Å². The second kappa shape index (κ2) is 4.96. The number of alkyl halides is 1. The molecule has 2 nitrogen and oxygen atoms in total. The number of carbonyl (C=O) groups excluding carboxylic acids is 1. The molecule has 0 saturated carbocycles. The van der Waals surface area contributed by atoms with Crippen molar-refractivity contribution in [2.45, 2.75) is 13.5 Å². The Kier molecular flexibility index (Phi) is 3.89. The fraction of sp³-hybridized carbons (Fsp3) is 0.300. The normalized spacial score (nSPS) is 9.93. The number of nitrogens with one attached hydrogen (secondary N) is 1. The lowest BCUT2D eigenvalue weighted by atomic mass is 10.1. The highest BCUT2D eigenvalue weighted by atomic mass is 35.5. The number of carbonyl (C=O) groups is 1. The maximum atomic E-state index is 13.1. The van der Waals surface area contributed by atoms with Crippen LogP contribution in [-0.4, -0.2) is 11.8 Å². The van der Waals surface area contributed by atoms with Gasteiger partial charge in [0, 0.05) is 12.1 Å². The summed E-state index contributed by atoms with van der Waals surface area (Å²) in [5.74, 6) is -0.717. The number of benzene rings is 1. The molecule has 76 valence electrons. The fourth-order valence-corrected chi connectivity index (χ4v) is 1.17. The molecule has 0 aliphatic rings. The molecular formula is C10H11ClFNO. The van der Waals surface area contributed by atoms with Crippen molar-refractivity contribution >= 4 is 17.5 Å². The molecule has 0 heterocycles. The molecule has 0 unspecified atom stereocenters. The van der Waals surface area contributed by atoms with Crippen LogP contribution in [0, 0.1) is 12.7 Å². The van der Waals surface area contributed by atoms with Crippen LogP contribution in [0.5, 0.6) is 0 Å². The van der Waals surface area contributed by atoms with Gasteiger partial charge in [-0.3, -0.25) is 4.79 Å². The van der Waals surface area contributed by atoms with E-state index in [2.05, 4.69) is 5.32 Å². The minimum Gasteiger partial charge on any atom is -0.351 e. The average Bonchev–Trinajstić information content (AvgIpc) is 2.19. The summed E-state index contributed by atoms with van der Waals surface area (Å²) in [4.78, 5) is 10.8. The molecule has 0 radical (unpaired) electrons. The van der Waals surface area contributed by atoms with Crippen LogP contribution < -0.4 is 5.32 Å². The maximum absolute atomic E-state index is 13.1. The molecule has 0 spiro atoms. The van der Waals surface area contributed by atoms with E-state index in [9.17, 15) is 9.18 Å². The van der Waals surface area contributed by atoms with Crippen molar-refractivity contribution in [2.75, 3.05) is 5.88 Å². The molecule has 1 rings (SSSR count). The topological polar surface area (TPSA) is 29.1 Å². The molecule has 1 N–H and O–H groups in total.